The van der Waals surface area contributed by atoms with Gasteiger partial charge in [0.2, 0.25) is 5.91 Å². The third-order valence-corrected chi connectivity index (χ3v) is 4.50. The number of rotatable bonds is 10. The summed E-state index contributed by atoms with van der Waals surface area (Å²) in [6.45, 7) is 5.57. The molecule has 0 spiro atoms. The standard InChI is InChI=1S/C18H30N4OS/c1-5-6-7-8-9-12-22(4)18(20-15-17(23)21(2)3)19-14-16-11-10-13-24-16/h5,10-11,13H,1,6-9,12,14-15H2,2-4H3,(H,19,20). The van der Waals surface area contributed by atoms with Gasteiger partial charge in [0, 0.05) is 32.6 Å². The first kappa shape index (κ1) is 20.2. The van der Waals surface area contributed by atoms with Gasteiger partial charge in [-0.1, -0.05) is 18.6 Å². The van der Waals surface area contributed by atoms with E-state index in [2.05, 4.69) is 33.2 Å². The number of hydrogen-bond donors (Lipinski definition) is 1. The predicted octanol–water partition coefficient (Wildman–Crippen LogP) is 2.96. The fourth-order valence-corrected chi connectivity index (χ4v) is 2.74. The van der Waals surface area contributed by atoms with Gasteiger partial charge in [-0.15, -0.1) is 17.9 Å². The highest BCUT2D eigenvalue weighted by Crippen LogP contribution is 2.08. The molecule has 0 bridgehead atoms. The third-order valence-electron chi connectivity index (χ3n) is 3.63. The summed E-state index contributed by atoms with van der Waals surface area (Å²) in [5.74, 6) is 0.784. The quantitative estimate of drug-likeness (QED) is 0.305. The summed E-state index contributed by atoms with van der Waals surface area (Å²) >= 11 is 1.71. The molecule has 0 saturated carbocycles. The lowest BCUT2D eigenvalue weighted by Gasteiger charge is -2.22. The van der Waals surface area contributed by atoms with Crippen LogP contribution < -0.4 is 5.32 Å². The minimum Gasteiger partial charge on any atom is -0.351 e. The zero-order valence-electron chi connectivity index (χ0n) is 15.1. The monoisotopic (exact) mass is 350 g/mol. The summed E-state index contributed by atoms with van der Waals surface area (Å²) in [5, 5.41) is 5.43. The summed E-state index contributed by atoms with van der Waals surface area (Å²) in [6.07, 6.45) is 6.48. The minimum absolute atomic E-state index is 0.00445. The molecule has 0 atom stereocenters. The van der Waals surface area contributed by atoms with Crippen molar-refractivity contribution in [2.45, 2.75) is 32.2 Å². The highest BCUT2D eigenvalue weighted by atomic mass is 32.1. The summed E-state index contributed by atoms with van der Waals surface area (Å²) in [7, 11) is 5.52. The number of nitrogens with one attached hydrogen (secondary N) is 1. The summed E-state index contributed by atoms with van der Waals surface area (Å²) in [6, 6.07) is 4.13. The molecular formula is C18H30N4OS. The van der Waals surface area contributed by atoms with Gasteiger partial charge in [-0.05, 0) is 30.7 Å². The van der Waals surface area contributed by atoms with E-state index in [9.17, 15) is 4.79 Å². The number of aliphatic imine (C=N–C) groups is 1. The van der Waals surface area contributed by atoms with Gasteiger partial charge in [0.15, 0.2) is 5.96 Å². The Morgan fingerprint density at radius 3 is 2.75 bits per heavy atom. The zero-order valence-corrected chi connectivity index (χ0v) is 15.9. The maximum atomic E-state index is 11.8. The average Bonchev–Trinajstić information content (AvgIpc) is 3.07. The molecule has 24 heavy (non-hydrogen) atoms. The number of allylic oxidation sites excluding steroid dienone is 1. The van der Waals surface area contributed by atoms with Crippen LogP contribution in [0.5, 0.6) is 0 Å². The van der Waals surface area contributed by atoms with Gasteiger partial charge >= 0.3 is 0 Å². The van der Waals surface area contributed by atoms with E-state index in [1.807, 2.05) is 19.2 Å². The van der Waals surface area contributed by atoms with Crippen LogP contribution in [0.4, 0.5) is 0 Å². The van der Waals surface area contributed by atoms with Gasteiger partial charge in [0.1, 0.15) is 6.54 Å². The molecule has 1 amide bonds. The number of carbonyl (C=O) groups is 1. The molecule has 134 valence electrons. The number of thiophene rings is 1. The highest BCUT2D eigenvalue weighted by Gasteiger charge is 2.09. The van der Waals surface area contributed by atoms with Crippen LogP contribution in [0.1, 0.15) is 30.6 Å². The van der Waals surface area contributed by atoms with E-state index >= 15 is 0 Å². The fourth-order valence-electron chi connectivity index (χ4n) is 2.10. The number of carbonyl (C=O) groups excluding carboxylic acids is 1. The second-order valence-corrected chi connectivity index (χ2v) is 6.95. The van der Waals surface area contributed by atoms with Crippen molar-refractivity contribution in [2.24, 2.45) is 4.99 Å². The second kappa shape index (κ2) is 11.7. The van der Waals surface area contributed by atoms with E-state index in [0.29, 0.717) is 0 Å². The van der Waals surface area contributed by atoms with Gasteiger partial charge < -0.3 is 15.1 Å². The van der Waals surface area contributed by atoms with Gasteiger partial charge in [-0.25, -0.2) is 4.99 Å². The molecule has 1 aromatic heterocycles. The molecule has 0 fully saturated rings. The molecule has 0 aliphatic carbocycles. The van der Waals surface area contributed by atoms with Crippen molar-refractivity contribution in [3.8, 4) is 0 Å². The number of amides is 1. The first-order chi connectivity index (χ1) is 11.5. The Morgan fingerprint density at radius 2 is 2.12 bits per heavy atom. The lowest BCUT2D eigenvalue weighted by molar-refractivity contribution is -0.127. The van der Waals surface area contributed by atoms with Crippen LogP contribution in [-0.4, -0.2) is 55.9 Å². The van der Waals surface area contributed by atoms with Gasteiger partial charge in [-0.2, -0.15) is 0 Å². The van der Waals surface area contributed by atoms with Gasteiger partial charge in [0.25, 0.3) is 0 Å². The Morgan fingerprint density at radius 1 is 1.33 bits per heavy atom. The molecule has 0 aliphatic rings. The molecule has 0 saturated heterocycles. The second-order valence-electron chi connectivity index (χ2n) is 5.92. The fraction of sp³-hybridized carbons (Fsp3) is 0.556. The molecule has 0 radical (unpaired) electrons. The van der Waals surface area contributed by atoms with Crippen molar-refractivity contribution >= 4 is 23.2 Å². The molecule has 1 N–H and O–H groups in total. The van der Waals surface area contributed by atoms with Crippen molar-refractivity contribution in [3.05, 3.63) is 35.0 Å². The third kappa shape index (κ3) is 8.15. The normalized spacial score (nSPS) is 11.2. The highest BCUT2D eigenvalue weighted by molar-refractivity contribution is 7.09. The number of hydrogen-bond acceptors (Lipinski definition) is 3. The van der Waals surface area contributed by atoms with Crippen LogP contribution in [-0.2, 0) is 11.3 Å². The lowest BCUT2D eigenvalue weighted by atomic mass is 10.2. The molecule has 0 aromatic carbocycles. The number of nitrogens with zero attached hydrogens (tertiary/aromatic N) is 3. The molecule has 0 unspecified atom stereocenters. The van der Waals surface area contributed by atoms with Crippen molar-refractivity contribution < 1.29 is 4.79 Å². The first-order valence-electron chi connectivity index (χ1n) is 8.37. The maximum absolute atomic E-state index is 11.8. The van der Waals surface area contributed by atoms with E-state index in [4.69, 9.17) is 0 Å². The minimum atomic E-state index is 0.00445. The molecule has 1 heterocycles. The van der Waals surface area contributed by atoms with Crippen molar-refractivity contribution in [1.29, 1.82) is 0 Å². The lowest BCUT2D eigenvalue weighted by Crippen LogP contribution is -2.40. The van der Waals surface area contributed by atoms with E-state index < -0.39 is 0 Å². The van der Waals surface area contributed by atoms with Crippen LogP contribution in [0, 0.1) is 0 Å². The number of guanidine groups is 1. The maximum Gasteiger partial charge on any atom is 0.243 e. The molecule has 6 heteroatoms. The summed E-state index contributed by atoms with van der Waals surface area (Å²) in [5.41, 5.74) is 0. The van der Waals surface area contributed by atoms with Crippen LogP contribution >= 0.6 is 11.3 Å². The van der Waals surface area contributed by atoms with E-state index in [-0.39, 0.29) is 12.5 Å². The Bertz CT molecular complexity index is 511. The smallest absolute Gasteiger partial charge is 0.243 e. The van der Waals surface area contributed by atoms with E-state index in [1.54, 1.807) is 30.3 Å². The van der Waals surface area contributed by atoms with Crippen LogP contribution in [0.15, 0.2) is 35.2 Å². The molecular weight excluding hydrogens is 320 g/mol. The van der Waals surface area contributed by atoms with E-state index in [0.717, 1.165) is 31.9 Å². The van der Waals surface area contributed by atoms with Gasteiger partial charge in [0.05, 0.1) is 6.54 Å². The van der Waals surface area contributed by atoms with Crippen LogP contribution in [0.25, 0.3) is 0 Å². The molecule has 0 aliphatic heterocycles. The van der Waals surface area contributed by atoms with Crippen molar-refractivity contribution in [3.63, 3.8) is 0 Å². The molecule has 1 aromatic rings. The topological polar surface area (TPSA) is 47.9 Å². The largest absolute Gasteiger partial charge is 0.351 e. The Balaban J connectivity index is 2.55. The van der Waals surface area contributed by atoms with E-state index in [1.165, 1.54) is 17.7 Å². The predicted molar refractivity (Wildman–Crippen MR) is 103 cm³/mol. The van der Waals surface area contributed by atoms with Crippen molar-refractivity contribution in [2.75, 3.05) is 34.2 Å². The Kier molecular flexibility index (Phi) is 9.84. The number of unbranched alkanes of at least 4 members (excludes halogenated alkanes) is 3. The SMILES string of the molecule is C=CCCCCCN(C)C(=NCC(=O)N(C)C)NCc1cccs1. The summed E-state index contributed by atoms with van der Waals surface area (Å²) in [4.78, 5) is 21.2. The molecule has 1 rings (SSSR count). The van der Waals surface area contributed by atoms with Crippen molar-refractivity contribution in [1.82, 2.24) is 15.1 Å². The zero-order chi connectivity index (χ0) is 17.8. The number of likely N-dealkylation sites (N-methyl/N-ethyl adjacent to an activating group) is 1. The van der Waals surface area contributed by atoms with Crippen LogP contribution in [0.2, 0.25) is 0 Å². The first-order valence-corrected chi connectivity index (χ1v) is 9.25. The Labute approximate surface area is 150 Å². The van der Waals surface area contributed by atoms with Gasteiger partial charge in [-0.3, -0.25) is 4.79 Å². The Hall–Kier alpha value is -1.82. The molecule has 5 nitrogen and oxygen atoms in total. The summed E-state index contributed by atoms with van der Waals surface area (Å²) < 4.78 is 0. The van der Waals surface area contributed by atoms with Crippen LogP contribution in [0.3, 0.4) is 0 Å². The average molecular weight is 351 g/mol.